The van der Waals surface area contributed by atoms with Crippen molar-refractivity contribution in [2.45, 2.75) is 0 Å². The van der Waals surface area contributed by atoms with Crippen molar-refractivity contribution >= 4 is 50.2 Å². The lowest BCUT2D eigenvalue weighted by atomic mass is 10.2. The number of hydrogen-bond acceptors (Lipinski definition) is 4. The largest absolute Gasteiger partial charge is 0.444 e. The molecule has 124 valence electrons. The van der Waals surface area contributed by atoms with E-state index in [4.69, 9.17) is 20.4 Å². The van der Waals surface area contributed by atoms with E-state index in [1.807, 2.05) is 12.1 Å². The van der Waals surface area contributed by atoms with Gasteiger partial charge in [0.05, 0.1) is 0 Å². The van der Waals surface area contributed by atoms with Gasteiger partial charge >= 0.3 is 0 Å². The van der Waals surface area contributed by atoms with E-state index in [-0.39, 0.29) is 11.7 Å². The molecule has 0 aliphatic rings. The van der Waals surface area contributed by atoms with Gasteiger partial charge in [0.15, 0.2) is 16.0 Å². The van der Waals surface area contributed by atoms with Crippen molar-refractivity contribution in [3.63, 3.8) is 0 Å². The summed E-state index contributed by atoms with van der Waals surface area (Å²) in [5, 5.41) is 3.38. The van der Waals surface area contributed by atoms with Crippen LogP contribution in [-0.4, -0.2) is 10.9 Å². The number of hydrogen-bond donors (Lipinski definition) is 1. The highest BCUT2D eigenvalue weighted by Crippen LogP contribution is 2.28. The second kappa shape index (κ2) is 6.38. The van der Waals surface area contributed by atoms with Gasteiger partial charge in [-0.2, -0.15) is 0 Å². The second-order valence-electron chi connectivity index (χ2n) is 5.27. The molecule has 0 spiro atoms. The van der Waals surface area contributed by atoms with Gasteiger partial charge in [0, 0.05) is 16.3 Å². The van der Waals surface area contributed by atoms with E-state index in [9.17, 15) is 4.79 Å². The number of nitrogens with one attached hydrogen (secondary N) is 1. The number of fused-ring (bicyclic) bond motifs is 1. The predicted molar refractivity (Wildman–Crippen MR) is 98.8 cm³/mol. The van der Waals surface area contributed by atoms with Crippen LogP contribution in [0.1, 0.15) is 10.6 Å². The summed E-state index contributed by atoms with van der Waals surface area (Å²) < 4.78 is 11.5. The number of carbonyl (C=O) groups excluding carboxylic acids is 1. The third-order valence-corrected chi connectivity index (χ3v) is 4.18. The molecule has 0 saturated carbocycles. The van der Waals surface area contributed by atoms with E-state index in [1.54, 1.807) is 42.5 Å². The third kappa shape index (κ3) is 3.31. The molecule has 0 atom stereocenters. The van der Waals surface area contributed by atoms with Crippen LogP contribution < -0.4 is 5.32 Å². The smallest absolute Gasteiger partial charge is 0.291 e. The van der Waals surface area contributed by atoms with E-state index in [0.29, 0.717) is 32.4 Å². The molecule has 0 fully saturated rings. The maximum Gasteiger partial charge on any atom is 0.291 e. The molecule has 0 bridgehead atoms. The molecule has 5 nitrogen and oxygen atoms in total. The minimum atomic E-state index is -0.341. The number of carbonyl (C=O) groups is 1. The van der Waals surface area contributed by atoms with Gasteiger partial charge in [0.1, 0.15) is 5.52 Å². The van der Waals surface area contributed by atoms with Gasteiger partial charge in [-0.3, -0.25) is 4.79 Å². The van der Waals surface area contributed by atoms with Gasteiger partial charge in [-0.25, -0.2) is 4.98 Å². The monoisotopic (exact) mass is 416 g/mol. The summed E-state index contributed by atoms with van der Waals surface area (Å²) in [4.78, 5) is 16.6. The number of amides is 1. The first-order valence-corrected chi connectivity index (χ1v) is 8.49. The molecule has 0 aliphatic carbocycles. The van der Waals surface area contributed by atoms with Crippen LogP contribution in [0.2, 0.25) is 5.02 Å². The lowest BCUT2D eigenvalue weighted by Crippen LogP contribution is -2.10. The zero-order valence-electron chi connectivity index (χ0n) is 12.6. The predicted octanol–water partition coefficient (Wildman–Crippen LogP) is 5.76. The molecule has 1 amide bonds. The van der Waals surface area contributed by atoms with Gasteiger partial charge in [-0.1, -0.05) is 17.7 Å². The standard InChI is InChI=1S/C18H10BrClN2O3/c19-16-7-6-15(24-16)17(23)21-12-3-1-2-10(8-12)18-22-13-9-11(20)4-5-14(13)25-18/h1-9H,(H,21,23). The fourth-order valence-electron chi connectivity index (χ4n) is 2.38. The van der Waals surface area contributed by atoms with Crippen LogP contribution in [0.4, 0.5) is 5.69 Å². The molecule has 2 heterocycles. The fraction of sp³-hybridized carbons (Fsp3) is 0. The van der Waals surface area contributed by atoms with Crippen LogP contribution in [0.3, 0.4) is 0 Å². The topological polar surface area (TPSA) is 68.3 Å². The number of furan rings is 1. The maximum atomic E-state index is 12.2. The van der Waals surface area contributed by atoms with Crippen LogP contribution in [0.5, 0.6) is 0 Å². The summed E-state index contributed by atoms with van der Waals surface area (Å²) >= 11 is 9.15. The summed E-state index contributed by atoms with van der Waals surface area (Å²) in [6, 6.07) is 15.7. The molecular weight excluding hydrogens is 408 g/mol. The summed E-state index contributed by atoms with van der Waals surface area (Å²) in [5.74, 6) is 0.329. The molecular formula is C18H10BrClN2O3. The first kappa shape index (κ1) is 15.9. The fourth-order valence-corrected chi connectivity index (χ4v) is 2.86. The van der Waals surface area contributed by atoms with E-state index >= 15 is 0 Å². The number of nitrogens with zero attached hydrogens (tertiary/aromatic N) is 1. The molecule has 2 aromatic carbocycles. The third-order valence-electron chi connectivity index (χ3n) is 3.51. The van der Waals surface area contributed by atoms with Gasteiger partial charge in [0.2, 0.25) is 5.89 Å². The Balaban J connectivity index is 1.63. The van der Waals surface area contributed by atoms with Gasteiger partial charge in [-0.15, -0.1) is 0 Å². The maximum absolute atomic E-state index is 12.2. The lowest BCUT2D eigenvalue weighted by Gasteiger charge is -2.04. The first-order chi connectivity index (χ1) is 12.1. The first-order valence-electron chi connectivity index (χ1n) is 7.32. The van der Waals surface area contributed by atoms with Crippen molar-refractivity contribution in [1.82, 2.24) is 4.98 Å². The highest BCUT2D eigenvalue weighted by Gasteiger charge is 2.13. The molecule has 4 rings (SSSR count). The number of halogens is 2. The van der Waals surface area contributed by atoms with Crippen molar-refractivity contribution in [3.8, 4) is 11.5 Å². The van der Waals surface area contributed by atoms with Gasteiger partial charge in [-0.05, 0) is 64.5 Å². The number of anilines is 1. The molecule has 0 aliphatic heterocycles. The molecule has 0 radical (unpaired) electrons. The Bertz CT molecular complexity index is 1090. The Labute approximate surface area is 155 Å². The van der Waals surface area contributed by atoms with E-state index in [2.05, 4.69) is 26.2 Å². The average Bonchev–Trinajstić information content (AvgIpc) is 3.21. The van der Waals surface area contributed by atoms with Crippen LogP contribution >= 0.6 is 27.5 Å². The minimum Gasteiger partial charge on any atom is -0.444 e. The Hall–Kier alpha value is -2.57. The van der Waals surface area contributed by atoms with Crippen molar-refractivity contribution in [3.05, 3.63) is 70.0 Å². The SMILES string of the molecule is O=C(Nc1cccc(-c2nc3cc(Cl)ccc3o2)c1)c1ccc(Br)o1. The van der Waals surface area contributed by atoms with Gasteiger partial charge in [0.25, 0.3) is 5.91 Å². The number of aromatic nitrogens is 1. The summed E-state index contributed by atoms with van der Waals surface area (Å²) in [6.07, 6.45) is 0. The van der Waals surface area contributed by atoms with E-state index in [1.165, 1.54) is 0 Å². The van der Waals surface area contributed by atoms with Crippen LogP contribution in [-0.2, 0) is 0 Å². The lowest BCUT2D eigenvalue weighted by molar-refractivity contribution is 0.0995. The van der Waals surface area contributed by atoms with Crippen LogP contribution in [0.25, 0.3) is 22.6 Å². The van der Waals surface area contributed by atoms with Crippen molar-refractivity contribution in [2.24, 2.45) is 0 Å². The highest BCUT2D eigenvalue weighted by atomic mass is 79.9. The molecule has 4 aromatic rings. The highest BCUT2D eigenvalue weighted by molar-refractivity contribution is 9.10. The Morgan fingerprint density at radius 3 is 2.76 bits per heavy atom. The molecule has 7 heteroatoms. The number of benzene rings is 2. The number of rotatable bonds is 3. The van der Waals surface area contributed by atoms with Crippen LogP contribution in [0, 0.1) is 0 Å². The van der Waals surface area contributed by atoms with Crippen molar-refractivity contribution in [1.29, 1.82) is 0 Å². The zero-order valence-corrected chi connectivity index (χ0v) is 15.0. The Morgan fingerprint density at radius 1 is 1.08 bits per heavy atom. The Kier molecular flexibility index (Phi) is 4.07. The summed E-state index contributed by atoms with van der Waals surface area (Å²) in [5.41, 5.74) is 2.67. The van der Waals surface area contributed by atoms with Crippen molar-refractivity contribution in [2.75, 3.05) is 5.32 Å². The summed E-state index contributed by atoms with van der Waals surface area (Å²) in [6.45, 7) is 0. The zero-order chi connectivity index (χ0) is 17.4. The van der Waals surface area contributed by atoms with Crippen LogP contribution in [0.15, 0.2) is 68.1 Å². The summed E-state index contributed by atoms with van der Waals surface area (Å²) in [7, 11) is 0. The molecule has 0 saturated heterocycles. The Morgan fingerprint density at radius 2 is 1.96 bits per heavy atom. The second-order valence-corrected chi connectivity index (χ2v) is 6.49. The quantitative estimate of drug-likeness (QED) is 0.460. The van der Waals surface area contributed by atoms with E-state index < -0.39 is 0 Å². The molecule has 0 unspecified atom stereocenters. The van der Waals surface area contributed by atoms with Crippen molar-refractivity contribution < 1.29 is 13.6 Å². The van der Waals surface area contributed by atoms with Gasteiger partial charge < -0.3 is 14.2 Å². The van der Waals surface area contributed by atoms with E-state index in [0.717, 1.165) is 5.56 Å². The minimum absolute atomic E-state index is 0.216. The molecule has 25 heavy (non-hydrogen) atoms. The normalized spacial score (nSPS) is 11.0. The molecule has 1 N–H and O–H groups in total. The molecule has 2 aromatic heterocycles. The average molecular weight is 418 g/mol. The number of oxazole rings is 1.